The molecule has 2 fully saturated rings. The van der Waals surface area contributed by atoms with Gasteiger partial charge in [-0.25, -0.2) is 8.78 Å². The number of esters is 1. The molecule has 2 saturated carbocycles. The monoisotopic (exact) mass is 578 g/mol. The first-order valence-corrected chi connectivity index (χ1v) is 14.5. The van der Waals surface area contributed by atoms with Crippen molar-refractivity contribution in [2.45, 2.75) is 116 Å². The maximum atomic E-state index is 14.7. The average molecular weight is 579 g/mol. The van der Waals surface area contributed by atoms with E-state index in [0.29, 0.717) is 34.1 Å². The van der Waals surface area contributed by atoms with Gasteiger partial charge in [0.1, 0.15) is 29.4 Å². The minimum absolute atomic E-state index is 0.0275. The maximum absolute atomic E-state index is 14.7. The minimum Gasteiger partial charge on any atom is -0.481 e. The molecule has 8 heteroatoms. The molecular formula is C34H40F2N2O4. The number of carboxylic acid groups (broad SMARTS) is 1. The molecule has 0 spiro atoms. The highest BCUT2D eigenvalue weighted by atomic mass is 19.1. The van der Waals surface area contributed by atoms with Gasteiger partial charge in [-0.15, -0.1) is 0 Å². The number of halogens is 2. The zero-order valence-corrected chi connectivity index (χ0v) is 25.5. The summed E-state index contributed by atoms with van der Waals surface area (Å²) >= 11 is 0. The van der Waals surface area contributed by atoms with Crippen LogP contribution in [0, 0.1) is 34.3 Å². The van der Waals surface area contributed by atoms with Gasteiger partial charge in [0.15, 0.2) is 0 Å². The Hall–Kier alpha value is -3.78. The van der Waals surface area contributed by atoms with E-state index < -0.39 is 23.2 Å². The van der Waals surface area contributed by atoms with Crippen LogP contribution < -0.4 is 0 Å². The van der Waals surface area contributed by atoms with Crippen molar-refractivity contribution in [2.24, 2.45) is 0 Å². The average Bonchev–Trinajstić information content (AvgIpc) is 3.77. The van der Waals surface area contributed by atoms with Crippen LogP contribution >= 0.6 is 0 Å². The summed E-state index contributed by atoms with van der Waals surface area (Å²) in [6, 6.07) is 6.98. The maximum Gasteiger partial charge on any atom is 0.310 e. The molecule has 6 nitrogen and oxygen atoms in total. The van der Waals surface area contributed by atoms with Gasteiger partial charge in [-0.2, -0.15) is 10.5 Å². The number of nitrogens with zero attached hydrogens (tertiary/aromatic N) is 2. The van der Waals surface area contributed by atoms with Crippen molar-refractivity contribution >= 4 is 11.9 Å². The summed E-state index contributed by atoms with van der Waals surface area (Å²) in [5.74, 6) is -1.99. The Kier molecular flexibility index (Phi) is 10.2. The second kappa shape index (κ2) is 13.0. The molecule has 1 N–H and O–H groups in total. The Morgan fingerprint density at radius 2 is 1.24 bits per heavy atom. The Labute approximate surface area is 247 Å². The van der Waals surface area contributed by atoms with Gasteiger partial charge in [0.25, 0.3) is 0 Å². The zero-order valence-electron chi connectivity index (χ0n) is 25.5. The molecule has 2 aliphatic carbocycles. The van der Waals surface area contributed by atoms with Crippen LogP contribution in [0.4, 0.5) is 8.78 Å². The summed E-state index contributed by atoms with van der Waals surface area (Å²) in [5.41, 5.74) is 3.49. The number of ether oxygens (including phenoxy) is 1. The van der Waals surface area contributed by atoms with E-state index in [0.717, 1.165) is 36.8 Å². The summed E-state index contributed by atoms with van der Waals surface area (Å²) < 4.78 is 34.3. The molecule has 4 rings (SSSR count). The predicted octanol–water partition coefficient (Wildman–Crippen LogP) is 7.91. The van der Waals surface area contributed by atoms with E-state index in [-0.39, 0.29) is 41.8 Å². The molecule has 42 heavy (non-hydrogen) atoms. The number of benzene rings is 2. The number of hydrogen-bond acceptors (Lipinski definition) is 5. The molecule has 0 aliphatic heterocycles. The normalized spacial score (nSPS) is 14.6. The van der Waals surface area contributed by atoms with Crippen LogP contribution in [0.1, 0.15) is 142 Å². The Morgan fingerprint density at radius 1 is 0.857 bits per heavy atom. The molecule has 0 bridgehead atoms. The fourth-order valence-corrected chi connectivity index (χ4v) is 5.43. The lowest BCUT2D eigenvalue weighted by Crippen LogP contribution is -2.25. The molecule has 0 unspecified atom stereocenters. The van der Waals surface area contributed by atoms with Crippen molar-refractivity contribution < 1.29 is 28.2 Å². The van der Waals surface area contributed by atoms with Gasteiger partial charge >= 0.3 is 11.9 Å². The van der Waals surface area contributed by atoms with E-state index in [1.54, 1.807) is 6.07 Å². The largest absolute Gasteiger partial charge is 0.481 e. The van der Waals surface area contributed by atoms with Crippen molar-refractivity contribution in [3.8, 4) is 12.1 Å². The molecule has 2 aromatic rings. The summed E-state index contributed by atoms with van der Waals surface area (Å²) in [5, 5.41) is 27.2. The highest BCUT2D eigenvalue weighted by Gasteiger charge is 2.33. The van der Waals surface area contributed by atoms with Crippen molar-refractivity contribution in [3.05, 3.63) is 68.3 Å². The summed E-state index contributed by atoms with van der Waals surface area (Å²) in [6.07, 6.45) is 3.90. The van der Waals surface area contributed by atoms with Gasteiger partial charge in [-0.05, 0) is 116 Å². The van der Waals surface area contributed by atoms with Crippen LogP contribution in [0.5, 0.6) is 0 Å². The third-order valence-electron chi connectivity index (χ3n) is 7.39. The van der Waals surface area contributed by atoms with E-state index in [9.17, 15) is 23.6 Å². The van der Waals surface area contributed by atoms with Crippen molar-refractivity contribution in [1.29, 1.82) is 10.5 Å². The van der Waals surface area contributed by atoms with Crippen LogP contribution in [0.2, 0.25) is 0 Å². The minimum atomic E-state index is -0.965. The van der Waals surface area contributed by atoms with Gasteiger partial charge in [-0.3, -0.25) is 9.59 Å². The number of carboxylic acids is 1. The first-order chi connectivity index (χ1) is 19.6. The number of hydrogen-bond donors (Lipinski definition) is 1. The Bertz CT molecular complexity index is 1450. The fourth-order valence-electron chi connectivity index (χ4n) is 5.43. The topological polar surface area (TPSA) is 111 Å². The first kappa shape index (κ1) is 32.7. The highest BCUT2D eigenvalue weighted by molar-refractivity contribution is 5.75. The lowest BCUT2D eigenvalue weighted by molar-refractivity contribution is -0.154. The second-order valence-corrected chi connectivity index (χ2v) is 12.9. The van der Waals surface area contributed by atoms with Gasteiger partial charge in [0.2, 0.25) is 0 Å². The molecule has 0 aromatic heterocycles. The zero-order chi connectivity index (χ0) is 31.5. The fraction of sp³-hybridized carbons (Fsp3) is 0.529. The molecule has 0 atom stereocenters. The van der Waals surface area contributed by atoms with Crippen LogP contribution in [0.15, 0.2) is 12.1 Å². The number of nitriles is 2. The quantitative estimate of drug-likeness (QED) is 0.319. The SMILES string of the molecule is CC(C)c1c(F)c(C#N)cc(C2CC2)c1CC(=O)O.CC(C)c1c(F)c(C#N)cc(C2CC2)c1CC(=O)OC(C)(C)C. The van der Waals surface area contributed by atoms with Crippen LogP contribution in [-0.4, -0.2) is 22.6 Å². The first-order valence-electron chi connectivity index (χ1n) is 14.5. The van der Waals surface area contributed by atoms with Crippen molar-refractivity contribution in [1.82, 2.24) is 0 Å². The predicted molar refractivity (Wildman–Crippen MR) is 155 cm³/mol. The number of carbonyl (C=O) groups is 2. The lowest BCUT2D eigenvalue weighted by Gasteiger charge is -2.22. The van der Waals surface area contributed by atoms with Gasteiger partial charge in [0.05, 0.1) is 24.0 Å². The van der Waals surface area contributed by atoms with Gasteiger partial charge in [-0.1, -0.05) is 27.7 Å². The summed E-state index contributed by atoms with van der Waals surface area (Å²) in [6.45, 7) is 12.9. The molecule has 0 heterocycles. The second-order valence-electron chi connectivity index (χ2n) is 12.9. The molecule has 224 valence electrons. The third-order valence-corrected chi connectivity index (χ3v) is 7.39. The third kappa shape index (κ3) is 7.94. The summed E-state index contributed by atoms with van der Waals surface area (Å²) in [4.78, 5) is 23.3. The molecule has 0 saturated heterocycles. The Morgan fingerprint density at radius 3 is 1.52 bits per heavy atom. The molecule has 0 amide bonds. The van der Waals surface area contributed by atoms with Crippen LogP contribution in [0.25, 0.3) is 0 Å². The van der Waals surface area contributed by atoms with E-state index in [2.05, 4.69) is 0 Å². The molecule has 0 radical (unpaired) electrons. The lowest BCUT2D eigenvalue weighted by atomic mass is 9.87. The van der Waals surface area contributed by atoms with E-state index in [1.807, 2.05) is 60.6 Å². The van der Waals surface area contributed by atoms with Crippen LogP contribution in [-0.2, 0) is 27.2 Å². The van der Waals surface area contributed by atoms with Crippen LogP contribution in [0.3, 0.4) is 0 Å². The Balaban J connectivity index is 0.000000235. The van der Waals surface area contributed by atoms with Gasteiger partial charge in [0, 0.05) is 0 Å². The molecular weight excluding hydrogens is 538 g/mol. The standard InChI is InChI=1S/C19H24FNO2.C15H16FNO2/c1-11(2)17-15(9-16(22)23-19(3,4)5)14(12-6-7-12)8-13(10-21)18(17)20;1-8(2)14-12(6-13(18)19)11(9-3-4-9)5-10(7-17)15(14)16/h8,11-12H,6-7,9H2,1-5H3;5,8-9H,3-4,6H2,1-2H3,(H,18,19). The summed E-state index contributed by atoms with van der Waals surface area (Å²) in [7, 11) is 0. The molecule has 2 aliphatic rings. The number of carbonyl (C=O) groups excluding carboxylic acids is 1. The number of rotatable bonds is 8. The van der Waals surface area contributed by atoms with E-state index in [4.69, 9.17) is 15.1 Å². The van der Waals surface area contributed by atoms with E-state index >= 15 is 0 Å². The number of aliphatic carboxylic acids is 1. The van der Waals surface area contributed by atoms with E-state index in [1.165, 1.54) is 6.07 Å². The van der Waals surface area contributed by atoms with Crippen molar-refractivity contribution in [2.75, 3.05) is 0 Å². The van der Waals surface area contributed by atoms with Gasteiger partial charge < -0.3 is 9.84 Å². The molecule has 2 aromatic carbocycles. The highest BCUT2D eigenvalue weighted by Crippen LogP contribution is 2.46. The van der Waals surface area contributed by atoms with Crippen molar-refractivity contribution in [3.63, 3.8) is 0 Å². The smallest absolute Gasteiger partial charge is 0.310 e.